The van der Waals surface area contributed by atoms with Crippen molar-refractivity contribution in [3.63, 3.8) is 0 Å². The van der Waals surface area contributed by atoms with Crippen LogP contribution in [0.1, 0.15) is 47.0 Å². The van der Waals surface area contributed by atoms with E-state index in [9.17, 15) is 0 Å². The molecule has 4 heteroatoms. The molecule has 0 aromatic rings. The van der Waals surface area contributed by atoms with Crippen molar-refractivity contribution in [1.82, 2.24) is 10.7 Å². The lowest BCUT2D eigenvalue weighted by Gasteiger charge is -2.25. The minimum Gasteiger partial charge on any atom is -0.353 e. The molecule has 0 aliphatic heterocycles. The molecule has 1 fully saturated rings. The van der Waals surface area contributed by atoms with E-state index < -0.39 is 0 Å². The number of hydrogen-bond donors (Lipinski definition) is 3. The van der Waals surface area contributed by atoms with Crippen molar-refractivity contribution in [2.75, 3.05) is 0 Å². The molecule has 0 saturated heterocycles. The first-order valence-corrected chi connectivity index (χ1v) is 5.76. The van der Waals surface area contributed by atoms with Crippen LogP contribution in [0.25, 0.3) is 0 Å². The molecule has 0 radical (unpaired) electrons. The van der Waals surface area contributed by atoms with Crippen LogP contribution in [-0.4, -0.2) is 18.0 Å². The zero-order chi connectivity index (χ0) is 11.5. The van der Waals surface area contributed by atoms with Gasteiger partial charge in [0.1, 0.15) is 0 Å². The molecule has 15 heavy (non-hydrogen) atoms. The Bertz CT molecular complexity index is 233. The van der Waals surface area contributed by atoms with E-state index in [4.69, 9.17) is 5.84 Å². The third kappa shape index (κ3) is 3.38. The molecular formula is C11H24N4. The average molecular weight is 212 g/mol. The fourth-order valence-corrected chi connectivity index (χ4v) is 2.09. The second-order valence-electron chi connectivity index (χ2n) is 5.32. The van der Waals surface area contributed by atoms with E-state index in [1.807, 2.05) is 0 Å². The molecule has 1 unspecified atom stereocenters. The molecule has 4 N–H and O–H groups in total. The molecule has 0 spiro atoms. The van der Waals surface area contributed by atoms with Gasteiger partial charge in [-0.2, -0.15) is 0 Å². The summed E-state index contributed by atoms with van der Waals surface area (Å²) in [5, 5.41) is 3.21. The van der Waals surface area contributed by atoms with Crippen molar-refractivity contribution in [3.05, 3.63) is 0 Å². The quantitative estimate of drug-likeness (QED) is 0.280. The first-order valence-electron chi connectivity index (χ1n) is 5.76. The van der Waals surface area contributed by atoms with Gasteiger partial charge in [-0.3, -0.25) is 5.43 Å². The van der Waals surface area contributed by atoms with E-state index in [2.05, 4.69) is 43.4 Å². The number of hydrogen-bond acceptors (Lipinski definition) is 2. The molecule has 0 aromatic carbocycles. The fraction of sp³-hybridized carbons (Fsp3) is 0.909. The molecule has 0 bridgehead atoms. The highest BCUT2D eigenvalue weighted by Gasteiger charge is 2.34. The van der Waals surface area contributed by atoms with E-state index in [-0.39, 0.29) is 0 Å². The molecule has 88 valence electrons. The van der Waals surface area contributed by atoms with Gasteiger partial charge in [0, 0.05) is 6.04 Å². The normalized spacial score (nSPS) is 25.7. The summed E-state index contributed by atoms with van der Waals surface area (Å²) in [6.07, 6.45) is 3.68. The van der Waals surface area contributed by atoms with Crippen LogP contribution in [0.3, 0.4) is 0 Å². The second-order valence-corrected chi connectivity index (χ2v) is 5.32. The molecule has 0 heterocycles. The number of hydrazine groups is 1. The van der Waals surface area contributed by atoms with Gasteiger partial charge in [0.25, 0.3) is 0 Å². The van der Waals surface area contributed by atoms with Gasteiger partial charge in [0.2, 0.25) is 5.96 Å². The molecule has 1 aliphatic rings. The minimum atomic E-state index is 0.306. The lowest BCUT2D eigenvalue weighted by Crippen LogP contribution is -2.45. The van der Waals surface area contributed by atoms with Crippen LogP contribution >= 0.6 is 0 Å². The standard InChI is InChI=1S/C11H24N4/c1-8(2)13-10(15-12)14-9-6-5-7-11(9,3)4/h8-9H,5-7,12H2,1-4H3,(H2,13,14,15). The Kier molecular flexibility index (Phi) is 3.97. The molecule has 1 rings (SSSR count). The van der Waals surface area contributed by atoms with Crippen LogP contribution in [0.15, 0.2) is 4.99 Å². The van der Waals surface area contributed by atoms with E-state index in [1.54, 1.807) is 0 Å². The Labute approximate surface area is 92.7 Å². The maximum absolute atomic E-state index is 5.44. The third-order valence-corrected chi connectivity index (χ3v) is 3.05. The summed E-state index contributed by atoms with van der Waals surface area (Å²) >= 11 is 0. The zero-order valence-electron chi connectivity index (χ0n) is 10.3. The highest BCUT2D eigenvalue weighted by molar-refractivity contribution is 5.79. The predicted octanol–water partition coefficient (Wildman–Crippen LogP) is 1.38. The topological polar surface area (TPSA) is 62.4 Å². The Balaban J connectivity index is 2.66. The van der Waals surface area contributed by atoms with Gasteiger partial charge in [-0.25, -0.2) is 10.8 Å². The Morgan fingerprint density at radius 1 is 1.47 bits per heavy atom. The zero-order valence-corrected chi connectivity index (χ0v) is 10.3. The molecule has 0 aromatic heterocycles. The van der Waals surface area contributed by atoms with Gasteiger partial charge in [-0.05, 0) is 32.1 Å². The molecule has 4 nitrogen and oxygen atoms in total. The van der Waals surface area contributed by atoms with Crippen molar-refractivity contribution < 1.29 is 0 Å². The van der Waals surface area contributed by atoms with Gasteiger partial charge in [-0.15, -0.1) is 0 Å². The van der Waals surface area contributed by atoms with Gasteiger partial charge in [0.05, 0.1) is 6.04 Å². The number of nitrogens with zero attached hydrogens (tertiary/aromatic N) is 1. The van der Waals surface area contributed by atoms with Crippen LogP contribution < -0.4 is 16.6 Å². The number of rotatable bonds is 2. The van der Waals surface area contributed by atoms with Gasteiger partial charge < -0.3 is 5.32 Å². The van der Waals surface area contributed by atoms with E-state index in [1.165, 1.54) is 12.8 Å². The van der Waals surface area contributed by atoms with Crippen molar-refractivity contribution >= 4 is 5.96 Å². The largest absolute Gasteiger partial charge is 0.353 e. The predicted molar refractivity (Wildman–Crippen MR) is 64.4 cm³/mol. The summed E-state index contributed by atoms with van der Waals surface area (Å²) in [4.78, 5) is 4.66. The Morgan fingerprint density at radius 2 is 2.13 bits per heavy atom. The fourth-order valence-electron chi connectivity index (χ4n) is 2.09. The summed E-state index contributed by atoms with van der Waals surface area (Å²) in [6, 6.07) is 0.735. The smallest absolute Gasteiger partial charge is 0.206 e. The van der Waals surface area contributed by atoms with E-state index in [0.29, 0.717) is 23.5 Å². The minimum absolute atomic E-state index is 0.306. The Hall–Kier alpha value is -0.770. The molecule has 1 saturated carbocycles. The number of aliphatic imine (C=N–C) groups is 1. The average Bonchev–Trinajstić information content (AvgIpc) is 2.44. The van der Waals surface area contributed by atoms with Crippen molar-refractivity contribution in [2.24, 2.45) is 16.3 Å². The van der Waals surface area contributed by atoms with E-state index in [0.717, 1.165) is 6.42 Å². The monoisotopic (exact) mass is 212 g/mol. The lowest BCUT2D eigenvalue weighted by atomic mass is 9.88. The van der Waals surface area contributed by atoms with Crippen LogP contribution in [0.2, 0.25) is 0 Å². The summed E-state index contributed by atoms with van der Waals surface area (Å²) in [5.74, 6) is 6.16. The number of guanidine groups is 1. The number of nitrogens with one attached hydrogen (secondary N) is 2. The van der Waals surface area contributed by atoms with Crippen molar-refractivity contribution in [3.8, 4) is 0 Å². The summed E-state index contributed by atoms with van der Waals surface area (Å²) in [5.41, 5.74) is 2.94. The van der Waals surface area contributed by atoms with E-state index >= 15 is 0 Å². The van der Waals surface area contributed by atoms with Crippen LogP contribution in [0.4, 0.5) is 0 Å². The van der Waals surface area contributed by atoms with Gasteiger partial charge >= 0.3 is 0 Å². The van der Waals surface area contributed by atoms with Gasteiger partial charge in [0.15, 0.2) is 0 Å². The van der Waals surface area contributed by atoms with Gasteiger partial charge in [-0.1, -0.05) is 20.3 Å². The number of nitrogens with two attached hydrogens (primary N) is 1. The Morgan fingerprint density at radius 3 is 2.53 bits per heavy atom. The lowest BCUT2D eigenvalue weighted by molar-refractivity contribution is 0.333. The molecule has 1 aliphatic carbocycles. The molecule has 0 amide bonds. The SMILES string of the molecule is CC(C)NC(=NC1CCCC1(C)C)NN. The second kappa shape index (κ2) is 4.84. The first-order chi connectivity index (χ1) is 6.95. The van der Waals surface area contributed by atoms with Crippen molar-refractivity contribution in [1.29, 1.82) is 0 Å². The summed E-state index contributed by atoms with van der Waals surface area (Å²) in [6.45, 7) is 8.70. The first kappa shape index (κ1) is 12.3. The summed E-state index contributed by atoms with van der Waals surface area (Å²) < 4.78 is 0. The third-order valence-electron chi connectivity index (χ3n) is 3.05. The molecule has 1 atom stereocenters. The molecular weight excluding hydrogens is 188 g/mol. The maximum atomic E-state index is 5.44. The summed E-state index contributed by atoms with van der Waals surface area (Å²) in [7, 11) is 0. The van der Waals surface area contributed by atoms with Crippen LogP contribution in [0, 0.1) is 5.41 Å². The highest BCUT2D eigenvalue weighted by Crippen LogP contribution is 2.39. The van der Waals surface area contributed by atoms with Crippen LogP contribution in [0.5, 0.6) is 0 Å². The van der Waals surface area contributed by atoms with Crippen molar-refractivity contribution in [2.45, 2.75) is 59.0 Å². The van der Waals surface area contributed by atoms with Crippen LogP contribution in [-0.2, 0) is 0 Å². The maximum Gasteiger partial charge on any atom is 0.206 e. The highest BCUT2D eigenvalue weighted by atomic mass is 15.3.